The maximum atomic E-state index is 12.6. The molecule has 1 aliphatic rings. The number of hydrogen-bond donors (Lipinski definition) is 0. The number of rotatable bonds is 4. The van der Waals surface area contributed by atoms with Crippen molar-refractivity contribution in [1.82, 2.24) is 9.47 Å². The maximum absolute atomic E-state index is 12.6. The average molecular weight is 417 g/mol. The zero-order chi connectivity index (χ0) is 21.4. The highest BCUT2D eigenvalue weighted by atomic mass is 32.1. The second-order valence-corrected chi connectivity index (χ2v) is 8.31. The van der Waals surface area contributed by atoms with E-state index in [2.05, 4.69) is 30.8 Å². The van der Waals surface area contributed by atoms with Crippen molar-refractivity contribution >= 4 is 39.3 Å². The summed E-state index contributed by atoms with van der Waals surface area (Å²) < 4.78 is 2.77. The van der Waals surface area contributed by atoms with Crippen LogP contribution in [0.5, 0.6) is 0 Å². The van der Waals surface area contributed by atoms with Gasteiger partial charge in [-0.1, -0.05) is 49.3 Å². The van der Waals surface area contributed by atoms with Crippen molar-refractivity contribution in [2.75, 3.05) is 6.54 Å². The Bertz CT molecular complexity index is 1270. The van der Waals surface area contributed by atoms with E-state index in [1.165, 1.54) is 16.9 Å². The van der Waals surface area contributed by atoms with Crippen LogP contribution in [0.4, 0.5) is 0 Å². The number of carbonyl (C=O) groups excluding carboxylic acids is 3. The molecule has 0 N–H and O–H groups in total. The van der Waals surface area contributed by atoms with Crippen LogP contribution < -0.4 is 4.80 Å². The molecule has 150 valence electrons. The van der Waals surface area contributed by atoms with Crippen LogP contribution in [0, 0.1) is 12.3 Å². The molecule has 4 rings (SSSR count). The zero-order valence-electron chi connectivity index (χ0n) is 16.6. The molecule has 1 aliphatic heterocycles. The Labute approximate surface area is 177 Å². The fourth-order valence-corrected chi connectivity index (χ4v) is 4.53. The molecule has 0 spiro atoms. The lowest BCUT2D eigenvalue weighted by Gasteiger charge is -2.10. The predicted molar refractivity (Wildman–Crippen MR) is 115 cm³/mol. The number of carbonyl (C=O) groups is 3. The molecule has 0 aliphatic carbocycles. The van der Waals surface area contributed by atoms with Gasteiger partial charge in [-0.3, -0.25) is 19.3 Å². The molecule has 7 heteroatoms. The van der Waals surface area contributed by atoms with E-state index in [4.69, 9.17) is 6.42 Å². The minimum absolute atomic E-state index is 0.264. The number of aromatic nitrogens is 1. The highest BCUT2D eigenvalue weighted by molar-refractivity contribution is 7.16. The quantitative estimate of drug-likeness (QED) is 0.484. The van der Waals surface area contributed by atoms with Gasteiger partial charge in [-0.25, -0.2) is 0 Å². The van der Waals surface area contributed by atoms with Gasteiger partial charge in [0, 0.05) is 0 Å². The monoisotopic (exact) mass is 417 g/mol. The van der Waals surface area contributed by atoms with Crippen LogP contribution in [-0.2, 0) is 11.3 Å². The third-order valence-corrected chi connectivity index (χ3v) is 6.06. The number of benzene rings is 2. The predicted octanol–water partition coefficient (Wildman–Crippen LogP) is 3.18. The molecule has 30 heavy (non-hydrogen) atoms. The second-order valence-electron chi connectivity index (χ2n) is 7.30. The Kier molecular flexibility index (Phi) is 5.10. The van der Waals surface area contributed by atoms with Crippen LogP contribution in [-0.4, -0.2) is 33.7 Å². The average Bonchev–Trinajstić information content (AvgIpc) is 3.18. The lowest BCUT2D eigenvalue weighted by Crippen LogP contribution is -2.35. The first kappa shape index (κ1) is 19.8. The molecule has 1 aromatic heterocycles. The Hall–Kier alpha value is -3.50. The largest absolute Gasteiger partial charge is 0.305 e. The Morgan fingerprint density at radius 2 is 1.80 bits per heavy atom. The lowest BCUT2D eigenvalue weighted by atomic mass is 10.0. The van der Waals surface area contributed by atoms with E-state index in [1.807, 2.05) is 12.1 Å². The molecule has 6 nitrogen and oxygen atoms in total. The third kappa shape index (κ3) is 3.36. The van der Waals surface area contributed by atoms with Gasteiger partial charge < -0.3 is 4.57 Å². The zero-order valence-corrected chi connectivity index (χ0v) is 17.4. The molecule has 0 saturated heterocycles. The highest BCUT2D eigenvalue weighted by Crippen LogP contribution is 2.24. The van der Waals surface area contributed by atoms with Crippen molar-refractivity contribution in [2.24, 2.45) is 4.99 Å². The van der Waals surface area contributed by atoms with E-state index in [-0.39, 0.29) is 6.54 Å². The van der Waals surface area contributed by atoms with E-state index in [9.17, 15) is 14.4 Å². The smallest absolute Gasteiger partial charge is 0.268 e. The first-order chi connectivity index (χ1) is 14.4. The molecule has 0 bridgehead atoms. The molecule has 2 aromatic carbocycles. The summed E-state index contributed by atoms with van der Waals surface area (Å²) in [6.45, 7) is 4.08. The van der Waals surface area contributed by atoms with E-state index < -0.39 is 24.3 Å². The van der Waals surface area contributed by atoms with Crippen molar-refractivity contribution in [3.8, 4) is 12.3 Å². The molecular weight excluding hydrogens is 398 g/mol. The van der Waals surface area contributed by atoms with Crippen molar-refractivity contribution in [2.45, 2.75) is 26.3 Å². The minimum atomic E-state index is -0.578. The summed E-state index contributed by atoms with van der Waals surface area (Å²) in [7, 11) is 0. The van der Waals surface area contributed by atoms with E-state index in [1.54, 1.807) is 28.8 Å². The summed E-state index contributed by atoms with van der Waals surface area (Å²) >= 11 is 1.36. The number of terminal acetylenes is 1. The number of hydrogen-bond acceptors (Lipinski definition) is 4. The van der Waals surface area contributed by atoms with E-state index >= 15 is 0 Å². The van der Waals surface area contributed by atoms with Crippen LogP contribution in [0.25, 0.3) is 10.2 Å². The van der Waals surface area contributed by atoms with Crippen LogP contribution >= 0.6 is 11.3 Å². The first-order valence-corrected chi connectivity index (χ1v) is 10.3. The van der Waals surface area contributed by atoms with Crippen LogP contribution in [0.1, 0.15) is 46.0 Å². The molecule has 0 fully saturated rings. The summed E-state index contributed by atoms with van der Waals surface area (Å²) in [6, 6.07) is 12.6. The van der Waals surface area contributed by atoms with Gasteiger partial charge >= 0.3 is 0 Å². The van der Waals surface area contributed by atoms with Crippen LogP contribution in [0.2, 0.25) is 0 Å². The van der Waals surface area contributed by atoms with Crippen molar-refractivity contribution in [3.63, 3.8) is 0 Å². The summed E-state index contributed by atoms with van der Waals surface area (Å²) in [4.78, 5) is 43.2. The van der Waals surface area contributed by atoms with Crippen molar-refractivity contribution in [1.29, 1.82) is 0 Å². The van der Waals surface area contributed by atoms with Gasteiger partial charge in [-0.05, 0) is 35.7 Å². The highest BCUT2D eigenvalue weighted by Gasteiger charge is 2.36. The summed E-state index contributed by atoms with van der Waals surface area (Å²) in [5, 5.41) is 0. The SMILES string of the molecule is C#CCn1c(=NC(=O)CN2C(=O)c3ccccc3C2=O)sc2cc(C(C)C)ccc21. The van der Waals surface area contributed by atoms with E-state index in [0.29, 0.717) is 21.8 Å². The number of thiazole rings is 1. The molecular formula is C23H19N3O3S. The number of amides is 3. The Morgan fingerprint density at radius 1 is 1.13 bits per heavy atom. The summed E-state index contributed by atoms with van der Waals surface area (Å²) in [5.74, 6) is 1.43. The van der Waals surface area contributed by atoms with Gasteiger partial charge in [0.2, 0.25) is 0 Å². The Balaban J connectivity index is 1.68. The molecule has 0 atom stereocenters. The standard InChI is InChI=1S/C23H19N3O3S/c1-4-11-25-18-10-9-15(14(2)3)12-19(18)30-23(25)24-20(27)13-26-21(28)16-7-5-6-8-17(16)22(26)29/h1,5-10,12,14H,11,13H2,2-3H3. The Morgan fingerprint density at radius 3 is 2.40 bits per heavy atom. The van der Waals surface area contributed by atoms with Crippen molar-refractivity contribution < 1.29 is 14.4 Å². The van der Waals surface area contributed by atoms with Crippen molar-refractivity contribution in [3.05, 3.63) is 64.0 Å². The molecule has 0 saturated carbocycles. The molecule has 2 heterocycles. The maximum Gasteiger partial charge on any atom is 0.268 e. The molecule has 0 unspecified atom stereocenters. The van der Waals surface area contributed by atoms with Crippen LogP contribution in [0.3, 0.4) is 0 Å². The normalized spacial score (nSPS) is 13.9. The molecule has 3 aromatic rings. The summed E-state index contributed by atoms with van der Waals surface area (Å²) in [6.07, 6.45) is 5.52. The topological polar surface area (TPSA) is 71.7 Å². The number of nitrogens with zero attached hydrogens (tertiary/aromatic N) is 3. The van der Waals surface area contributed by atoms with Gasteiger partial charge in [0.15, 0.2) is 4.80 Å². The van der Waals surface area contributed by atoms with Gasteiger partial charge in [0.25, 0.3) is 17.7 Å². The first-order valence-electron chi connectivity index (χ1n) is 9.50. The number of fused-ring (bicyclic) bond motifs is 2. The number of imide groups is 1. The van der Waals surface area contributed by atoms with Gasteiger partial charge in [0.1, 0.15) is 6.54 Å². The van der Waals surface area contributed by atoms with E-state index in [0.717, 1.165) is 15.1 Å². The lowest BCUT2D eigenvalue weighted by molar-refractivity contribution is -0.118. The third-order valence-electron chi connectivity index (χ3n) is 5.01. The molecule has 0 radical (unpaired) electrons. The van der Waals surface area contributed by atoms with Crippen LogP contribution in [0.15, 0.2) is 47.5 Å². The van der Waals surface area contributed by atoms with Gasteiger partial charge in [0.05, 0.1) is 27.9 Å². The fraction of sp³-hybridized carbons (Fsp3) is 0.217. The minimum Gasteiger partial charge on any atom is -0.305 e. The van der Waals surface area contributed by atoms with Gasteiger partial charge in [-0.2, -0.15) is 4.99 Å². The fourth-order valence-electron chi connectivity index (χ4n) is 3.44. The summed E-state index contributed by atoms with van der Waals surface area (Å²) in [5.41, 5.74) is 2.69. The van der Waals surface area contributed by atoms with Gasteiger partial charge in [-0.15, -0.1) is 6.42 Å². The second kappa shape index (κ2) is 7.73. The molecule has 3 amide bonds.